The summed E-state index contributed by atoms with van der Waals surface area (Å²) in [4.78, 5) is 2.52. The Bertz CT molecular complexity index is 748. The van der Waals surface area contributed by atoms with E-state index in [4.69, 9.17) is 0 Å². The Morgan fingerprint density at radius 2 is 1.00 bits per heavy atom. The van der Waals surface area contributed by atoms with Crippen molar-refractivity contribution in [2.24, 2.45) is 0 Å². The molecule has 3 aromatic rings. The summed E-state index contributed by atoms with van der Waals surface area (Å²) < 4.78 is 0. The molecule has 3 rings (SSSR count). The molecule has 0 heterocycles. The van der Waals surface area contributed by atoms with Crippen molar-refractivity contribution >= 4 is 36.7 Å². The van der Waals surface area contributed by atoms with Gasteiger partial charge in [-0.3, -0.25) is 0 Å². The number of halogens is 1. The molecule has 0 spiro atoms. The van der Waals surface area contributed by atoms with Gasteiger partial charge in [-0.2, -0.15) is 0 Å². The molecule has 0 aliphatic heterocycles. The van der Waals surface area contributed by atoms with E-state index in [1.807, 2.05) is 0 Å². The maximum absolute atomic E-state index is 4.52. The molecule has 0 saturated carbocycles. The standard InChI is InChI=1S/C25H31BrNP/c1-3-27(4-2)21-14-22-28(26,23-15-8-5-9-16-23,24-17-10-6-11-18-24)25-19-12-7-13-20-25/h5-13,15-20H,3-4,14,21-22H2,1-2H3. The molecule has 0 aromatic heterocycles. The molecule has 148 valence electrons. The molecule has 1 nitrogen and oxygen atoms in total. The van der Waals surface area contributed by atoms with Gasteiger partial charge < -0.3 is 0 Å². The van der Waals surface area contributed by atoms with Gasteiger partial charge in [-0.25, -0.2) is 0 Å². The van der Waals surface area contributed by atoms with E-state index in [2.05, 4.69) is 125 Å². The van der Waals surface area contributed by atoms with Crippen LogP contribution in [0.25, 0.3) is 0 Å². The Balaban J connectivity index is 2.19. The zero-order valence-electron chi connectivity index (χ0n) is 17.0. The fraction of sp³-hybridized carbons (Fsp3) is 0.280. The number of hydrogen-bond donors (Lipinski definition) is 0. The Labute approximate surface area is 178 Å². The van der Waals surface area contributed by atoms with Gasteiger partial charge in [-0.1, -0.05) is 0 Å². The van der Waals surface area contributed by atoms with Crippen molar-refractivity contribution < 1.29 is 0 Å². The fourth-order valence-electron chi connectivity index (χ4n) is 4.18. The van der Waals surface area contributed by atoms with Gasteiger partial charge in [0.2, 0.25) is 0 Å². The molecule has 0 radical (unpaired) electrons. The first-order valence-corrected chi connectivity index (χ1v) is 14.7. The van der Waals surface area contributed by atoms with E-state index >= 15 is 0 Å². The average Bonchev–Trinajstić information content (AvgIpc) is 2.78. The van der Waals surface area contributed by atoms with Gasteiger partial charge in [0.25, 0.3) is 0 Å². The predicted molar refractivity (Wildman–Crippen MR) is 131 cm³/mol. The van der Waals surface area contributed by atoms with Gasteiger partial charge in [-0.05, 0) is 0 Å². The monoisotopic (exact) mass is 455 g/mol. The number of nitrogens with zero attached hydrogens (tertiary/aromatic N) is 1. The van der Waals surface area contributed by atoms with Gasteiger partial charge in [0.15, 0.2) is 0 Å². The molecule has 0 fully saturated rings. The van der Waals surface area contributed by atoms with Crippen molar-refractivity contribution in [2.45, 2.75) is 20.3 Å². The van der Waals surface area contributed by atoms with Crippen molar-refractivity contribution in [3.63, 3.8) is 0 Å². The van der Waals surface area contributed by atoms with Crippen LogP contribution in [0.3, 0.4) is 0 Å². The maximum atomic E-state index is 4.52. The molecule has 0 saturated heterocycles. The van der Waals surface area contributed by atoms with Crippen LogP contribution in [0, 0.1) is 0 Å². The molecule has 0 bridgehead atoms. The van der Waals surface area contributed by atoms with Crippen LogP contribution < -0.4 is 15.9 Å². The molecule has 3 aromatic carbocycles. The third-order valence-electron chi connectivity index (χ3n) is 5.83. The minimum absolute atomic E-state index is 1.11. The predicted octanol–water partition coefficient (Wildman–Crippen LogP) is 5.56. The third-order valence-corrected chi connectivity index (χ3v) is 15.9. The molecular weight excluding hydrogens is 425 g/mol. The third kappa shape index (κ3) is 3.96. The second kappa shape index (κ2) is 9.35. The Hall–Kier alpha value is -1.47. The van der Waals surface area contributed by atoms with Crippen LogP contribution >= 0.6 is 20.8 Å². The normalized spacial score (nSPS) is 13.2. The van der Waals surface area contributed by atoms with Crippen LogP contribution in [-0.4, -0.2) is 30.7 Å². The molecule has 0 atom stereocenters. The van der Waals surface area contributed by atoms with Crippen molar-refractivity contribution in [3.05, 3.63) is 91.0 Å². The van der Waals surface area contributed by atoms with Crippen molar-refractivity contribution in [3.8, 4) is 0 Å². The van der Waals surface area contributed by atoms with E-state index in [-0.39, 0.29) is 0 Å². The molecule has 0 N–H and O–H groups in total. The van der Waals surface area contributed by atoms with Gasteiger partial charge in [0, 0.05) is 0 Å². The van der Waals surface area contributed by atoms with Crippen LogP contribution in [-0.2, 0) is 0 Å². The summed E-state index contributed by atoms with van der Waals surface area (Å²) >= 11 is 4.52. The van der Waals surface area contributed by atoms with E-state index in [1.54, 1.807) is 0 Å². The van der Waals surface area contributed by atoms with Crippen LogP contribution in [0.4, 0.5) is 0 Å². The second-order valence-electron chi connectivity index (χ2n) is 7.29. The average molecular weight is 456 g/mol. The number of rotatable bonds is 9. The zero-order valence-corrected chi connectivity index (χ0v) is 19.4. The van der Waals surface area contributed by atoms with Gasteiger partial charge in [0.05, 0.1) is 0 Å². The topological polar surface area (TPSA) is 3.24 Å². The molecule has 0 amide bonds. The van der Waals surface area contributed by atoms with E-state index in [9.17, 15) is 0 Å². The van der Waals surface area contributed by atoms with Gasteiger partial charge >= 0.3 is 179 Å². The summed E-state index contributed by atoms with van der Waals surface area (Å²) in [6.45, 7) is 7.85. The summed E-state index contributed by atoms with van der Waals surface area (Å²) in [7, 11) is 0. The van der Waals surface area contributed by atoms with Crippen molar-refractivity contribution in [1.29, 1.82) is 0 Å². The summed E-state index contributed by atoms with van der Waals surface area (Å²) in [6.07, 6.45) is 2.27. The second-order valence-corrected chi connectivity index (χ2v) is 16.4. The first-order valence-electron chi connectivity index (χ1n) is 10.3. The van der Waals surface area contributed by atoms with Crippen LogP contribution in [0.5, 0.6) is 0 Å². The molecule has 0 aliphatic rings. The Morgan fingerprint density at radius 3 is 1.32 bits per heavy atom. The van der Waals surface area contributed by atoms with E-state index in [1.165, 1.54) is 15.9 Å². The zero-order chi connectivity index (χ0) is 19.9. The SMILES string of the molecule is CCN(CC)CCCP(Br)(c1ccccc1)(c1ccccc1)c1ccccc1. The summed E-state index contributed by atoms with van der Waals surface area (Å²) in [5.74, 6) is 0. The van der Waals surface area contributed by atoms with E-state index < -0.39 is 5.31 Å². The van der Waals surface area contributed by atoms with E-state index in [0.29, 0.717) is 0 Å². The number of hydrogen-bond acceptors (Lipinski definition) is 1. The molecular formula is C25H31BrNP. The summed E-state index contributed by atoms with van der Waals surface area (Å²) in [5, 5.41) is 1.48. The van der Waals surface area contributed by atoms with E-state index in [0.717, 1.165) is 32.2 Å². The quantitative estimate of drug-likeness (QED) is 0.381. The molecule has 3 heteroatoms. The summed E-state index contributed by atoms with van der Waals surface area (Å²) in [6, 6.07) is 33.3. The van der Waals surface area contributed by atoms with Crippen molar-refractivity contribution in [2.75, 3.05) is 25.8 Å². The van der Waals surface area contributed by atoms with Crippen LogP contribution in [0.15, 0.2) is 91.0 Å². The molecule has 28 heavy (non-hydrogen) atoms. The molecule has 0 aliphatic carbocycles. The fourth-order valence-corrected chi connectivity index (χ4v) is 11.8. The van der Waals surface area contributed by atoms with Crippen LogP contribution in [0.2, 0.25) is 0 Å². The van der Waals surface area contributed by atoms with Gasteiger partial charge in [-0.15, -0.1) is 0 Å². The molecule has 0 unspecified atom stereocenters. The van der Waals surface area contributed by atoms with Gasteiger partial charge in [0.1, 0.15) is 0 Å². The Morgan fingerprint density at radius 1 is 0.643 bits per heavy atom. The first kappa shape index (κ1) is 21.2. The summed E-state index contributed by atoms with van der Waals surface area (Å²) in [5.41, 5.74) is 0. The number of benzene rings is 3. The first-order chi connectivity index (χ1) is 13.6. The van der Waals surface area contributed by atoms with Crippen LogP contribution in [0.1, 0.15) is 20.3 Å². The van der Waals surface area contributed by atoms with Crippen molar-refractivity contribution in [1.82, 2.24) is 4.90 Å². The Kier molecular flexibility index (Phi) is 7.10. The minimum atomic E-state index is -2.74.